The molecular weight excluding hydrogens is 218 g/mol. The maximum atomic E-state index is 11.7. The lowest BCUT2D eigenvalue weighted by molar-refractivity contribution is -0.148. The largest absolute Gasteiger partial charge is 0.465 e. The summed E-state index contributed by atoms with van der Waals surface area (Å²) in [6.07, 6.45) is 5.06. The second-order valence-electron chi connectivity index (χ2n) is 4.87. The molecule has 0 radical (unpaired) electrons. The van der Waals surface area contributed by atoms with E-state index >= 15 is 0 Å². The Hall–Kier alpha value is -0.610. The summed E-state index contributed by atoms with van der Waals surface area (Å²) in [7, 11) is 0. The normalized spacial score (nSPS) is 18.6. The van der Waals surface area contributed by atoms with Crippen LogP contribution in [-0.4, -0.2) is 37.4 Å². The van der Waals surface area contributed by atoms with Gasteiger partial charge in [0.2, 0.25) is 0 Å². The molecule has 1 atom stereocenters. The van der Waals surface area contributed by atoms with Crippen molar-refractivity contribution in [1.29, 1.82) is 0 Å². The molecule has 1 aliphatic carbocycles. The highest BCUT2D eigenvalue weighted by Gasteiger charge is 2.23. The lowest BCUT2D eigenvalue weighted by atomic mass is 10.2. The van der Waals surface area contributed by atoms with Crippen LogP contribution < -0.4 is 5.32 Å². The lowest BCUT2D eigenvalue weighted by Gasteiger charge is -2.21. The zero-order valence-electron chi connectivity index (χ0n) is 11.2. The van der Waals surface area contributed by atoms with Gasteiger partial charge in [0.1, 0.15) is 6.04 Å². The van der Waals surface area contributed by atoms with Crippen molar-refractivity contribution in [2.75, 3.05) is 13.2 Å². The molecule has 1 rings (SSSR count). The Bertz CT molecular complexity index is 225. The number of hydrogen-bond donors (Lipinski definition) is 1. The summed E-state index contributed by atoms with van der Waals surface area (Å²) in [5, 5.41) is 3.19. The number of carbonyl (C=O) groups excluding carboxylic acids is 1. The lowest BCUT2D eigenvalue weighted by Crippen LogP contribution is -2.45. The molecule has 100 valence electrons. The first-order valence-corrected chi connectivity index (χ1v) is 6.67. The Labute approximate surface area is 104 Å². The van der Waals surface area contributed by atoms with Gasteiger partial charge in [0, 0.05) is 6.04 Å². The van der Waals surface area contributed by atoms with Crippen molar-refractivity contribution in [1.82, 2.24) is 5.32 Å². The minimum Gasteiger partial charge on any atom is -0.465 e. The van der Waals surface area contributed by atoms with Gasteiger partial charge in [-0.05, 0) is 19.8 Å². The van der Waals surface area contributed by atoms with Crippen LogP contribution in [0.2, 0.25) is 0 Å². The minimum atomic E-state index is -0.337. The molecule has 0 heterocycles. The molecule has 1 aliphatic rings. The summed E-state index contributed by atoms with van der Waals surface area (Å²) >= 11 is 0. The molecule has 0 aromatic carbocycles. The standard InChI is InChI=1S/C13H25NO3/c1-4-16-13(15)12(14-10(2)3)9-17-11-7-5-6-8-11/h10-12,14H,4-9H2,1-3H3. The number of ether oxygens (including phenoxy) is 2. The summed E-state index contributed by atoms with van der Waals surface area (Å²) < 4.78 is 10.8. The molecule has 4 nitrogen and oxygen atoms in total. The summed E-state index contributed by atoms with van der Waals surface area (Å²) in [6, 6.07) is -0.0906. The van der Waals surface area contributed by atoms with Gasteiger partial charge in [-0.3, -0.25) is 4.79 Å². The van der Waals surface area contributed by atoms with Crippen LogP contribution in [0, 0.1) is 0 Å². The summed E-state index contributed by atoms with van der Waals surface area (Å²) in [5.74, 6) is -0.209. The van der Waals surface area contributed by atoms with E-state index in [1.807, 2.05) is 20.8 Å². The van der Waals surface area contributed by atoms with E-state index in [0.717, 1.165) is 12.8 Å². The molecule has 1 fully saturated rings. The van der Waals surface area contributed by atoms with Crippen LogP contribution in [0.4, 0.5) is 0 Å². The number of carbonyl (C=O) groups is 1. The molecule has 0 spiro atoms. The van der Waals surface area contributed by atoms with Gasteiger partial charge < -0.3 is 14.8 Å². The minimum absolute atomic E-state index is 0.209. The van der Waals surface area contributed by atoms with Crippen molar-refractivity contribution in [2.45, 2.75) is 64.6 Å². The Balaban J connectivity index is 2.35. The van der Waals surface area contributed by atoms with Crippen molar-refractivity contribution in [2.24, 2.45) is 0 Å². The molecule has 0 aromatic heterocycles. The Morgan fingerprint density at radius 2 is 2.00 bits per heavy atom. The third kappa shape index (κ3) is 5.50. The van der Waals surface area contributed by atoms with Gasteiger partial charge in [-0.2, -0.15) is 0 Å². The topological polar surface area (TPSA) is 47.6 Å². The van der Waals surface area contributed by atoms with Crippen LogP contribution in [0.5, 0.6) is 0 Å². The Kier molecular flexibility index (Phi) is 6.52. The summed E-state index contributed by atoms with van der Waals surface area (Å²) in [6.45, 7) is 6.69. The highest BCUT2D eigenvalue weighted by Crippen LogP contribution is 2.21. The summed E-state index contributed by atoms with van der Waals surface area (Å²) in [4.78, 5) is 11.7. The van der Waals surface area contributed by atoms with Crippen molar-refractivity contribution < 1.29 is 14.3 Å². The number of nitrogens with one attached hydrogen (secondary N) is 1. The molecule has 1 unspecified atom stereocenters. The molecule has 0 aliphatic heterocycles. The second kappa shape index (κ2) is 7.67. The van der Waals surface area contributed by atoms with Gasteiger partial charge in [0.15, 0.2) is 0 Å². The third-order valence-corrected chi connectivity index (χ3v) is 2.91. The van der Waals surface area contributed by atoms with E-state index in [1.54, 1.807) is 0 Å². The third-order valence-electron chi connectivity index (χ3n) is 2.91. The van der Waals surface area contributed by atoms with Crippen molar-refractivity contribution in [3.63, 3.8) is 0 Å². The highest BCUT2D eigenvalue weighted by molar-refractivity contribution is 5.75. The smallest absolute Gasteiger partial charge is 0.325 e. The van der Waals surface area contributed by atoms with E-state index in [1.165, 1.54) is 12.8 Å². The van der Waals surface area contributed by atoms with Crippen LogP contribution in [-0.2, 0) is 14.3 Å². The van der Waals surface area contributed by atoms with Gasteiger partial charge >= 0.3 is 5.97 Å². The van der Waals surface area contributed by atoms with E-state index in [9.17, 15) is 4.79 Å². The average Bonchev–Trinajstić information content (AvgIpc) is 2.76. The van der Waals surface area contributed by atoms with Crippen molar-refractivity contribution in [3.05, 3.63) is 0 Å². The quantitative estimate of drug-likeness (QED) is 0.694. The highest BCUT2D eigenvalue weighted by atomic mass is 16.5. The van der Waals surface area contributed by atoms with Crippen LogP contribution in [0.3, 0.4) is 0 Å². The fourth-order valence-electron chi connectivity index (χ4n) is 2.12. The average molecular weight is 243 g/mol. The zero-order chi connectivity index (χ0) is 12.7. The maximum absolute atomic E-state index is 11.7. The van der Waals surface area contributed by atoms with E-state index in [4.69, 9.17) is 9.47 Å². The van der Waals surface area contributed by atoms with Crippen LogP contribution in [0.1, 0.15) is 46.5 Å². The zero-order valence-corrected chi connectivity index (χ0v) is 11.2. The van der Waals surface area contributed by atoms with Gasteiger partial charge in [0.25, 0.3) is 0 Å². The Morgan fingerprint density at radius 1 is 1.35 bits per heavy atom. The van der Waals surface area contributed by atoms with Crippen LogP contribution in [0.15, 0.2) is 0 Å². The van der Waals surface area contributed by atoms with Gasteiger partial charge in [-0.25, -0.2) is 0 Å². The van der Waals surface area contributed by atoms with Gasteiger partial charge in [-0.15, -0.1) is 0 Å². The molecule has 0 bridgehead atoms. The van der Waals surface area contributed by atoms with E-state index in [0.29, 0.717) is 19.3 Å². The predicted molar refractivity (Wildman–Crippen MR) is 66.9 cm³/mol. The fraction of sp³-hybridized carbons (Fsp3) is 0.923. The molecule has 0 saturated heterocycles. The molecule has 0 aromatic rings. The fourth-order valence-corrected chi connectivity index (χ4v) is 2.12. The summed E-state index contributed by atoms with van der Waals surface area (Å²) in [5.41, 5.74) is 0. The van der Waals surface area contributed by atoms with Crippen LogP contribution in [0.25, 0.3) is 0 Å². The van der Waals surface area contributed by atoms with Gasteiger partial charge in [0.05, 0.1) is 19.3 Å². The molecule has 1 N–H and O–H groups in total. The Morgan fingerprint density at radius 3 is 2.53 bits per heavy atom. The molecule has 17 heavy (non-hydrogen) atoms. The first kappa shape index (κ1) is 14.5. The number of rotatable bonds is 7. The van der Waals surface area contributed by atoms with Gasteiger partial charge in [-0.1, -0.05) is 26.7 Å². The van der Waals surface area contributed by atoms with E-state index in [-0.39, 0.29) is 18.1 Å². The number of hydrogen-bond acceptors (Lipinski definition) is 4. The monoisotopic (exact) mass is 243 g/mol. The van der Waals surface area contributed by atoms with Crippen molar-refractivity contribution in [3.8, 4) is 0 Å². The second-order valence-corrected chi connectivity index (χ2v) is 4.87. The van der Waals surface area contributed by atoms with E-state index < -0.39 is 0 Å². The SMILES string of the molecule is CCOC(=O)C(COC1CCCC1)NC(C)C. The van der Waals surface area contributed by atoms with E-state index in [2.05, 4.69) is 5.32 Å². The molecular formula is C13H25NO3. The molecule has 1 saturated carbocycles. The maximum Gasteiger partial charge on any atom is 0.325 e. The first-order valence-electron chi connectivity index (χ1n) is 6.67. The van der Waals surface area contributed by atoms with Crippen LogP contribution >= 0.6 is 0 Å². The molecule has 4 heteroatoms. The van der Waals surface area contributed by atoms with Crippen molar-refractivity contribution >= 4 is 5.97 Å². The number of esters is 1. The molecule has 0 amide bonds. The predicted octanol–water partition coefficient (Wildman–Crippen LogP) is 1.88. The first-order chi connectivity index (χ1) is 8.13.